The minimum absolute atomic E-state index is 0.0256. The zero-order valence-electron chi connectivity index (χ0n) is 11.8. The van der Waals surface area contributed by atoms with Gasteiger partial charge in [0, 0.05) is 7.05 Å². The van der Waals surface area contributed by atoms with Gasteiger partial charge in [0.25, 0.3) is 0 Å². The van der Waals surface area contributed by atoms with Crippen molar-refractivity contribution in [1.29, 1.82) is 0 Å². The van der Waals surface area contributed by atoms with Gasteiger partial charge in [-0.2, -0.15) is 0 Å². The Morgan fingerprint density at radius 3 is 2.53 bits per heavy atom. The van der Waals surface area contributed by atoms with E-state index in [0.29, 0.717) is 11.5 Å². The number of halogens is 1. The summed E-state index contributed by atoms with van der Waals surface area (Å²) in [6.07, 6.45) is 0.758. The molecule has 1 aromatic rings. The summed E-state index contributed by atoms with van der Waals surface area (Å²) in [6, 6.07) is 6.06. The molecule has 1 rings (SSSR count). The molecule has 0 aliphatic heterocycles. The SMILES string of the molecule is CC(C)C[C@@H](CO)N(C)C(=O)Cc1ccccc1F. The maximum atomic E-state index is 13.5. The highest BCUT2D eigenvalue weighted by Gasteiger charge is 2.21. The zero-order valence-corrected chi connectivity index (χ0v) is 11.8. The minimum Gasteiger partial charge on any atom is -0.394 e. The highest BCUT2D eigenvalue weighted by molar-refractivity contribution is 5.78. The van der Waals surface area contributed by atoms with E-state index in [2.05, 4.69) is 0 Å². The summed E-state index contributed by atoms with van der Waals surface area (Å²) in [5.74, 6) is -0.153. The lowest BCUT2D eigenvalue weighted by Gasteiger charge is -2.28. The van der Waals surface area contributed by atoms with E-state index in [4.69, 9.17) is 0 Å². The maximum Gasteiger partial charge on any atom is 0.227 e. The summed E-state index contributed by atoms with van der Waals surface area (Å²) in [5.41, 5.74) is 0.389. The van der Waals surface area contributed by atoms with Crippen LogP contribution in [0.4, 0.5) is 4.39 Å². The van der Waals surface area contributed by atoms with Crippen molar-refractivity contribution < 1.29 is 14.3 Å². The summed E-state index contributed by atoms with van der Waals surface area (Å²) in [4.78, 5) is 13.6. The second kappa shape index (κ2) is 7.24. The number of carbonyl (C=O) groups is 1. The average Bonchev–Trinajstić information content (AvgIpc) is 2.37. The maximum absolute atomic E-state index is 13.5. The van der Waals surface area contributed by atoms with Crippen LogP contribution in [0.1, 0.15) is 25.8 Å². The quantitative estimate of drug-likeness (QED) is 0.858. The van der Waals surface area contributed by atoms with E-state index in [1.54, 1.807) is 25.2 Å². The van der Waals surface area contributed by atoms with Crippen LogP contribution in [-0.2, 0) is 11.2 Å². The molecule has 0 fully saturated rings. The normalized spacial score (nSPS) is 12.5. The number of benzene rings is 1. The van der Waals surface area contributed by atoms with Crippen LogP contribution in [0.5, 0.6) is 0 Å². The van der Waals surface area contributed by atoms with Crippen LogP contribution in [0.15, 0.2) is 24.3 Å². The Labute approximate surface area is 114 Å². The molecular formula is C15H22FNO2. The van der Waals surface area contributed by atoms with Crippen molar-refractivity contribution in [2.75, 3.05) is 13.7 Å². The topological polar surface area (TPSA) is 40.5 Å². The van der Waals surface area contributed by atoms with Gasteiger partial charge in [0.15, 0.2) is 0 Å². The molecule has 1 aromatic carbocycles. The number of hydrogen-bond donors (Lipinski definition) is 1. The standard InChI is InChI=1S/C15H22FNO2/c1-11(2)8-13(10-18)17(3)15(19)9-12-6-4-5-7-14(12)16/h4-7,11,13,18H,8-10H2,1-3H3/t13-/m0/s1. The summed E-state index contributed by atoms with van der Waals surface area (Å²) >= 11 is 0. The van der Waals surface area contributed by atoms with E-state index >= 15 is 0 Å². The van der Waals surface area contributed by atoms with Crippen molar-refractivity contribution in [2.45, 2.75) is 32.7 Å². The zero-order chi connectivity index (χ0) is 14.4. The van der Waals surface area contributed by atoms with Gasteiger partial charge in [0.1, 0.15) is 5.82 Å². The first-order valence-electron chi connectivity index (χ1n) is 6.55. The van der Waals surface area contributed by atoms with E-state index in [1.807, 2.05) is 13.8 Å². The molecule has 19 heavy (non-hydrogen) atoms. The van der Waals surface area contributed by atoms with Gasteiger partial charge in [-0.3, -0.25) is 4.79 Å². The van der Waals surface area contributed by atoms with Crippen LogP contribution >= 0.6 is 0 Å². The van der Waals surface area contributed by atoms with Crippen LogP contribution in [0, 0.1) is 11.7 Å². The number of aliphatic hydroxyl groups is 1. The van der Waals surface area contributed by atoms with Gasteiger partial charge >= 0.3 is 0 Å². The lowest BCUT2D eigenvalue weighted by molar-refractivity contribution is -0.132. The van der Waals surface area contributed by atoms with Gasteiger partial charge in [0.2, 0.25) is 5.91 Å². The average molecular weight is 267 g/mol. The highest BCUT2D eigenvalue weighted by atomic mass is 19.1. The molecule has 0 heterocycles. The fourth-order valence-electron chi connectivity index (χ4n) is 2.03. The molecule has 3 nitrogen and oxygen atoms in total. The Morgan fingerprint density at radius 1 is 1.37 bits per heavy atom. The molecule has 4 heteroatoms. The Morgan fingerprint density at radius 2 is 2.00 bits per heavy atom. The van der Waals surface area contributed by atoms with Crippen LogP contribution in [0.2, 0.25) is 0 Å². The third-order valence-electron chi connectivity index (χ3n) is 3.19. The number of nitrogens with zero attached hydrogens (tertiary/aromatic N) is 1. The van der Waals surface area contributed by atoms with Crippen LogP contribution < -0.4 is 0 Å². The van der Waals surface area contributed by atoms with Crippen LogP contribution in [-0.4, -0.2) is 35.6 Å². The first-order valence-corrected chi connectivity index (χ1v) is 6.55. The Hall–Kier alpha value is -1.42. The summed E-state index contributed by atoms with van der Waals surface area (Å²) < 4.78 is 13.5. The van der Waals surface area contributed by atoms with Crippen molar-refractivity contribution >= 4 is 5.91 Å². The predicted octanol–water partition coefficient (Wildman–Crippen LogP) is 2.23. The third-order valence-corrected chi connectivity index (χ3v) is 3.19. The third kappa shape index (κ3) is 4.63. The Kier molecular flexibility index (Phi) is 5.96. The monoisotopic (exact) mass is 267 g/mol. The second-order valence-corrected chi connectivity index (χ2v) is 5.24. The van der Waals surface area contributed by atoms with E-state index in [0.717, 1.165) is 6.42 Å². The van der Waals surface area contributed by atoms with E-state index in [1.165, 1.54) is 11.0 Å². The molecule has 1 atom stereocenters. The first-order chi connectivity index (χ1) is 8.95. The van der Waals surface area contributed by atoms with Crippen LogP contribution in [0.3, 0.4) is 0 Å². The fraction of sp³-hybridized carbons (Fsp3) is 0.533. The largest absolute Gasteiger partial charge is 0.394 e. The van der Waals surface area contributed by atoms with Crippen molar-refractivity contribution in [3.63, 3.8) is 0 Å². The summed E-state index contributed by atoms with van der Waals surface area (Å²) in [6.45, 7) is 4.01. The number of rotatable bonds is 6. The molecule has 1 N–H and O–H groups in total. The van der Waals surface area contributed by atoms with Gasteiger partial charge in [0.05, 0.1) is 19.1 Å². The van der Waals surface area contributed by atoms with E-state index in [-0.39, 0.29) is 30.8 Å². The molecule has 106 valence electrons. The lowest BCUT2D eigenvalue weighted by atomic mass is 10.0. The highest BCUT2D eigenvalue weighted by Crippen LogP contribution is 2.13. The number of carbonyl (C=O) groups excluding carboxylic acids is 1. The molecule has 0 radical (unpaired) electrons. The predicted molar refractivity (Wildman–Crippen MR) is 73.2 cm³/mol. The Balaban J connectivity index is 2.69. The number of likely N-dealkylation sites (N-methyl/N-ethyl adjacent to an activating group) is 1. The minimum atomic E-state index is -0.367. The smallest absolute Gasteiger partial charge is 0.227 e. The molecule has 0 aliphatic rings. The number of aliphatic hydroxyl groups excluding tert-OH is 1. The summed E-state index contributed by atoms with van der Waals surface area (Å²) in [5, 5.41) is 9.35. The van der Waals surface area contributed by atoms with Gasteiger partial charge in [-0.05, 0) is 24.0 Å². The fourth-order valence-corrected chi connectivity index (χ4v) is 2.03. The van der Waals surface area contributed by atoms with Gasteiger partial charge in [-0.25, -0.2) is 4.39 Å². The summed E-state index contributed by atoms with van der Waals surface area (Å²) in [7, 11) is 1.66. The molecule has 0 bridgehead atoms. The molecule has 0 aliphatic carbocycles. The molecular weight excluding hydrogens is 245 g/mol. The van der Waals surface area contributed by atoms with Gasteiger partial charge in [-0.1, -0.05) is 32.0 Å². The molecule has 1 amide bonds. The molecule has 0 saturated carbocycles. The first kappa shape index (κ1) is 15.6. The number of amides is 1. The van der Waals surface area contributed by atoms with Crippen molar-refractivity contribution in [3.8, 4) is 0 Å². The Bertz CT molecular complexity index is 420. The van der Waals surface area contributed by atoms with Crippen LogP contribution in [0.25, 0.3) is 0 Å². The second-order valence-electron chi connectivity index (χ2n) is 5.24. The van der Waals surface area contributed by atoms with E-state index < -0.39 is 0 Å². The van der Waals surface area contributed by atoms with Crippen molar-refractivity contribution in [1.82, 2.24) is 4.90 Å². The molecule has 0 saturated heterocycles. The van der Waals surface area contributed by atoms with Gasteiger partial charge < -0.3 is 10.0 Å². The van der Waals surface area contributed by atoms with Gasteiger partial charge in [-0.15, -0.1) is 0 Å². The molecule has 0 unspecified atom stereocenters. The number of hydrogen-bond acceptors (Lipinski definition) is 2. The van der Waals surface area contributed by atoms with E-state index in [9.17, 15) is 14.3 Å². The van der Waals surface area contributed by atoms with Crippen molar-refractivity contribution in [3.05, 3.63) is 35.6 Å². The van der Waals surface area contributed by atoms with Crippen molar-refractivity contribution in [2.24, 2.45) is 5.92 Å². The molecule has 0 aromatic heterocycles. The molecule has 0 spiro atoms. The lowest BCUT2D eigenvalue weighted by Crippen LogP contribution is -2.41.